The second-order valence-corrected chi connectivity index (χ2v) is 4.45. The average molecular weight is 268 g/mol. The summed E-state index contributed by atoms with van der Waals surface area (Å²) in [6, 6.07) is 8.51. The van der Waals surface area contributed by atoms with Crippen molar-refractivity contribution in [3.05, 3.63) is 59.9 Å². The monoisotopic (exact) mass is 267 g/mol. The molecule has 0 aliphatic carbocycles. The predicted octanol–water partition coefficient (Wildman–Crippen LogP) is -3.33. The summed E-state index contributed by atoms with van der Waals surface area (Å²) in [4.78, 5) is 1.33. The van der Waals surface area contributed by atoms with Crippen LogP contribution in [0.25, 0.3) is 11.8 Å². The van der Waals surface area contributed by atoms with E-state index >= 15 is 0 Å². The van der Waals surface area contributed by atoms with E-state index in [9.17, 15) is 0 Å². The Hall–Kier alpha value is -1.47. The molecule has 2 heterocycles. The van der Waals surface area contributed by atoms with Crippen molar-refractivity contribution >= 4 is 11.8 Å². The van der Waals surface area contributed by atoms with Crippen molar-refractivity contribution in [2.24, 2.45) is 0 Å². The van der Waals surface area contributed by atoms with E-state index in [0.29, 0.717) is 0 Å². The number of quaternary nitrogens is 1. The van der Waals surface area contributed by atoms with Gasteiger partial charge in [0.1, 0.15) is 18.1 Å². The van der Waals surface area contributed by atoms with Gasteiger partial charge in [0.25, 0.3) is 0 Å². The van der Waals surface area contributed by atoms with E-state index in [1.165, 1.54) is 21.7 Å². The number of nitrogens with one attached hydrogen (secondary N) is 1. The van der Waals surface area contributed by atoms with Crippen LogP contribution in [0.5, 0.6) is 0 Å². The van der Waals surface area contributed by atoms with Gasteiger partial charge < -0.3 is 0 Å². The molecule has 1 N–H and O–H groups in total. The fraction of sp³-hybridized carbons (Fsp3) is 0. The Morgan fingerprint density at radius 1 is 0.944 bits per heavy atom. The molecule has 1 aromatic carbocycles. The van der Waals surface area contributed by atoms with Gasteiger partial charge in [-0.1, -0.05) is 18.2 Å². The standard InChI is InChI=1S/C12H9N.ClHO4/c1-2-5-11-10(4-1)7-9-13-8-3-6-12(11)13;2-1(3,4)5/h1-9H;(H,2,3,4,5). The number of fused-ring (bicyclic) bond motifs is 3. The molecule has 0 saturated carbocycles. The summed E-state index contributed by atoms with van der Waals surface area (Å²) in [7, 11) is -4.94. The van der Waals surface area contributed by atoms with E-state index in [0.717, 1.165) is 0 Å². The quantitative estimate of drug-likeness (QED) is 0.532. The van der Waals surface area contributed by atoms with Crippen LogP contribution < -0.4 is 23.5 Å². The van der Waals surface area contributed by atoms with Crippen LogP contribution in [-0.4, -0.2) is 0 Å². The normalized spacial score (nSPS) is 19.6. The third kappa shape index (κ3) is 3.27. The minimum atomic E-state index is -4.94. The second-order valence-electron chi connectivity index (χ2n) is 3.69. The SMILES string of the molecule is C1=C[NH+]2C=Cc3ccccc3C2=C1.[O-][Cl+3]([O-])([O-])[O-]. The number of hydrogen-bond acceptors (Lipinski definition) is 4. The summed E-state index contributed by atoms with van der Waals surface area (Å²) in [6.07, 6.45) is 10.8. The van der Waals surface area contributed by atoms with E-state index in [-0.39, 0.29) is 0 Å². The van der Waals surface area contributed by atoms with Crippen molar-refractivity contribution in [1.82, 2.24) is 0 Å². The van der Waals surface area contributed by atoms with Gasteiger partial charge in [-0.25, -0.2) is 23.5 Å². The Morgan fingerprint density at radius 2 is 1.61 bits per heavy atom. The van der Waals surface area contributed by atoms with Crippen LogP contribution in [-0.2, 0) is 0 Å². The Morgan fingerprint density at radius 3 is 2.33 bits per heavy atom. The molecule has 0 fully saturated rings. The molecule has 0 spiro atoms. The molecule has 0 aromatic heterocycles. The second kappa shape index (κ2) is 5.03. The van der Waals surface area contributed by atoms with Gasteiger partial charge in [0.2, 0.25) is 0 Å². The minimum absolute atomic E-state index is 1.32. The lowest BCUT2D eigenvalue weighted by atomic mass is 10.0. The number of rotatable bonds is 0. The van der Waals surface area contributed by atoms with E-state index in [1.807, 2.05) is 0 Å². The predicted molar refractivity (Wildman–Crippen MR) is 53.6 cm³/mol. The molecule has 0 bridgehead atoms. The summed E-state index contributed by atoms with van der Waals surface area (Å²) in [5, 5.41) is 0. The first kappa shape index (κ1) is 13.0. The summed E-state index contributed by atoms with van der Waals surface area (Å²) < 4.78 is 34.0. The van der Waals surface area contributed by atoms with Crippen molar-refractivity contribution in [2.75, 3.05) is 0 Å². The Balaban J connectivity index is 0.000000209. The zero-order valence-electron chi connectivity index (χ0n) is 9.21. The van der Waals surface area contributed by atoms with Gasteiger partial charge in [0.05, 0.1) is 0 Å². The topological polar surface area (TPSA) is 96.7 Å². The van der Waals surface area contributed by atoms with Crippen LogP contribution in [0.4, 0.5) is 0 Å². The molecule has 3 rings (SSSR count). The average Bonchev–Trinajstić information content (AvgIpc) is 2.75. The maximum Gasteiger partial charge on any atom is 0.148 e. The van der Waals surface area contributed by atoms with Gasteiger partial charge in [-0.05, 0) is 17.7 Å². The lowest BCUT2D eigenvalue weighted by Crippen LogP contribution is -2.99. The van der Waals surface area contributed by atoms with Crippen molar-refractivity contribution in [3.8, 4) is 0 Å². The van der Waals surface area contributed by atoms with E-state index < -0.39 is 10.2 Å². The molecular weight excluding hydrogens is 258 g/mol. The molecular formula is C12H10ClNO4. The number of benzene rings is 1. The zero-order valence-corrected chi connectivity index (χ0v) is 9.96. The molecule has 1 aromatic rings. The van der Waals surface area contributed by atoms with Gasteiger partial charge in [-0.15, -0.1) is 10.2 Å². The highest BCUT2D eigenvalue weighted by molar-refractivity contribution is 5.74. The Kier molecular flexibility index (Phi) is 3.63. The number of hydrogen-bond donors (Lipinski definition) is 1. The fourth-order valence-corrected chi connectivity index (χ4v) is 1.89. The molecule has 0 saturated heterocycles. The van der Waals surface area contributed by atoms with Crippen LogP contribution in [0.2, 0.25) is 0 Å². The first-order valence-corrected chi connectivity index (χ1v) is 6.33. The molecule has 6 heteroatoms. The van der Waals surface area contributed by atoms with Gasteiger partial charge in [-0.3, -0.25) is 0 Å². The van der Waals surface area contributed by atoms with E-state index in [1.54, 1.807) is 0 Å². The van der Waals surface area contributed by atoms with Gasteiger partial charge in [0, 0.05) is 17.7 Å². The molecule has 0 amide bonds. The van der Waals surface area contributed by atoms with Crippen molar-refractivity contribution in [2.45, 2.75) is 0 Å². The summed E-state index contributed by atoms with van der Waals surface area (Å²) in [5.41, 5.74) is 4.03. The van der Waals surface area contributed by atoms with Crippen LogP contribution in [0.3, 0.4) is 0 Å². The van der Waals surface area contributed by atoms with Crippen LogP contribution in [0.1, 0.15) is 11.1 Å². The maximum absolute atomic E-state index is 8.49. The summed E-state index contributed by atoms with van der Waals surface area (Å²) in [6.45, 7) is 0. The molecule has 2 aliphatic heterocycles. The lowest BCUT2D eigenvalue weighted by molar-refractivity contribution is -2.00. The van der Waals surface area contributed by atoms with E-state index in [4.69, 9.17) is 18.6 Å². The first-order chi connectivity index (χ1) is 8.45. The lowest BCUT2D eigenvalue weighted by Gasteiger charge is -2.17. The smallest absolute Gasteiger partial charge is 0.148 e. The summed E-state index contributed by atoms with van der Waals surface area (Å²) in [5.74, 6) is 0. The molecule has 94 valence electrons. The fourth-order valence-electron chi connectivity index (χ4n) is 1.89. The van der Waals surface area contributed by atoms with Crippen molar-refractivity contribution in [1.29, 1.82) is 0 Å². The van der Waals surface area contributed by atoms with Gasteiger partial charge in [-0.2, -0.15) is 0 Å². The molecule has 1 atom stereocenters. The highest BCUT2D eigenvalue weighted by Crippen LogP contribution is 2.20. The maximum atomic E-state index is 8.49. The highest BCUT2D eigenvalue weighted by Gasteiger charge is 2.21. The van der Waals surface area contributed by atoms with Gasteiger partial charge >= 0.3 is 0 Å². The van der Waals surface area contributed by atoms with Gasteiger partial charge in [0.15, 0.2) is 0 Å². The zero-order chi connectivity index (χ0) is 13.2. The molecule has 2 aliphatic rings. The number of halogens is 1. The van der Waals surface area contributed by atoms with Crippen LogP contribution in [0, 0.1) is 10.2 Å². The molecule has 18 heavy (non-hydrogen) atoms. The minimum Gasteiger partial charge on any atom is -0.250 e. The van der Waals surface area contributed by atoms with E-state index in [2.05, 4.69) is 54.9 Å². The third-order valence-corrected chi connectivity index (χ3v) is 2.54. The van der Waals surface area contributed by atoms with Crippen LogP contribution >= 0.6 is 0 Å². The third-order valence-electron chi connectivity index (χ3n) is 2.54. The highest BCUT2D eigenvalue weighted by atomic mass is 35.7. The van der Waals surface area contributed by atoms with Crippen molar-refractivity contribution in [3.63, 3.8) is 0 Å². The number of allylic oxidation sites excluding steroid dienone is 2. The van der Waals surface area contributed by atoms with Crippen LogP contribution in [0.15, 0.2) is 48.8 Å². The van der Waals surface area contributed by atoms with Crippen molar-refractivity contribution < 1.29 is 33.8 Å². The summed E-state index contributed by atoms with van der Waals surface area (Å²) >= 11 is 0. The first-order valence-electron chi connectivity index (χ1n) is 5.10. The molecule has 0 radical (unpaired) electrons. The molecule has 5 nitrogen and oxygen atoms in total. The largest absolute Gasteiger partial charge is 0.250 e. The molecule has 1 unspecified atom stereocenters. The Labute approximate surface area is 106 Å². The Bertz CT molecular complexity index is 525.